The summed E-state index contributed by atoms with van der Waals surface area (Å²) in [6.07, 6.45) is 5.80. The maximum atomic E-state index is 12.7. The summed E-state index contributed by atoms with van der Waals surface area (Å²) in [5.41, 5.74) is 1.14. The van der Waals surface area contributed by atoms with E-state index in [0.717, 1.165) is 57.8 Å². The van der Waals surface area contributed by atoms with E-state index >= 15 is 0 Å². The standard InChI is InChI=1S/C19H29N3O3/c23-15-18-11-17(12-21-7-9-25-10-8-21)13-22(14-18)19(24)2-1-16-3-5-20-6-4-16/h3-6,17-18,23H,1-2,7-15H2/t17-,18+/m0/s1. The summed E-state index contributed by atoms with van der Waals surface area (Å²) in [6.45, 7) is 6.18. The largest absolute Gasteiger partial charge is 0.396 e. The van der Waals surface area contributed by atoms with Crippen molar-refractivity contribution in [3.05, 3.63) is 30.1 Å². The van der Waals surface area contributed by atoms with Crippen LogP contribution in [0.4, 0.5) is 0 Å². The maximum absolute atomic E-state index is 12.7. The monoisotopic (exact) mass is 347 g/mol. The van der Waals surface area contributed by atoms with Gasteiger partial charge in [-0.05, 0) is 42.4 Å². The predicted molar refractivity (Wildman–Crippen MR) is 95.1 cm³/mol. The average Bonchev–Trinajstić information content (AvgIpc) is 2.67. The normalized spacial score (nSPS) is 25.1. The highest BCUT2D eigenvalue weighted by Crippen LogP contribution is 2.24. The number of likely N-dealkylation sites (tertiary alicyclic amines) is 1. The molecule has 2 atom stereocenters. The minimum atomic E-state index is 0.160. The molecule has 25 heavy (non-hydrogen) atoms. The number of piperidine rings is 1. The number of carbonyl (C=O) groups is 1. The number of rotatable bonds is 6. The third kappa shape index (κ3) is 5.49. The van der Waals surface area contributed by atoms with Crippen molar-refractivity contribution in [2.24, 2.45) is 11.8 Å². The predicted octanol–water partition coefficient (Wildman–Crippen LogP) is 0.803. The fourth-order valence-corrected chi connectivity index (χ4v) is 3.89. The van der Waals surface area contributed by atoms with Gasteiger partial charge in [0.2, 0.25) is 5.91 Å². The van der Waals surface area contributed by atoms with Gasteiger partial charge >= 0.3 is 0 Å². The number of nitrogens with zero attached hydrogens (tertiary/aromatic N) is 3. The number of hydrogen-bond acceptors (Lipinski definition) is 5. The van der Waals surface area contributed by atoms with Crippen LogP contribution in [0, 0.1) is 11.8 Å². The molecule has 0 unspecified atom stereocenters. The number of ether oxygens (including phenoxy) is 1. The SMILES string of the molecule is O=C(CCc1ccncc1)N1C[C@H](CO)C[C@@H](CN2CCOCC2)C1. The number of aryl methyl sites for hydroxylation is 1. The molecule has 0 aliphatic carbocycles. The first kappa shape index (κ1) is 18.3. The number of aliphatic hydroxyl groups is 1. The van der Waals surface area contributed by atoms with Crippen molar-refractivity contribution in [3.8, 4) is 0 Å². The van der Waals surface area contributed by atoms with Crippen molar-refractivity contribution in [2.45, 2.75) is 19.3 Å². The van der Waals surface area contributed by atoms with Crippen LogP contribution in [-0.4, -0.2) is 78.3 Å². The van der Waals surface area contributed by atoms with Crippen molar-refractivity contribution >= 4 is 5.91 Å². The van der Waals surface area contributed by atoms with Crippen LogP contribution in [0.5, 0.6) is 0 Å². The Morgan fingerprint density at radius 3 is 2.64 bits per heavy atom. The Bertz CT molecular complexity index is 534. The highest BCUT2D eigenvalue weighted by Gasteiger charge is 2.30. The molecule has 2 aliphatic rings. The molecule has 3 heterocycles. The molecule has 2 aliphatic heterocycles. The number of pyridine rings is 1. The van der Waals surface area contributed by atoms with E-state index in [9.17, 15) is 9.90 Å². The lowest BCUT2D eigenvalue weighted by Crippen LogP contribution is -2.49. The number of morpholine rings is 1. The second-order valence-electron chi connectivity index (χ2n) is 7.22. The van der Waals surface area contributed by atoms with Crippen LogP contribution in [0.2, 0.25) is 0 Å². The minimum absolute atomic E-state index is 0.160. The van der Waals surface area contributed by atoms with Crippen molar-refractivity contribution in [1.82, 2.24) is 14.8 Å². The summed E-state index contributed by atoms with van der Waals surface area (Å²) >= 11 is 0. The molecule has 1 amide bonds. The number of carbonyl (C=O) groups excluding carboxylic acids is 1. The number of aliphatic hydroxyl groups excluding tert-OH is 1. The number of aromatic nitrogens is 1. The lowest BCUT2D eigenvalue weighted by atomic mass is 9.88. The molecule has 0 bridgehead atoms. The summed E-state index contributed by atoms with van der Waals surface area (Å²) in [5, 5.41) is 9.64. The van der Waals surface area contributed by atoms with Gasteiger partial charge in [-0.3, -0.25) is 14.7 Å². The summed E-state index contributed by atoms with van der Waals surface area (Å²) in [7, 11) is 0. The summed E-state index contributed by atoms with van der Waals surface area (Å²) in [4.78, 5) is 21.1. The number of amides is 1. The number of hydrogen-bond donors (Lipinski definition) is 1. The van der Waals surface area contributed by atoms with Crippen LogP contribution in [0.3, 0.4) is 0 Å². The Hall–Kier alpha value is -1.50. The second-order valence-corrected chi connectivity index (χ2v) is 7.22. The molecule has 1 aromatic rings. The van der Waals surface area contributed by atoms with Gasteiger partial charge in [0.15, 0.2) is 0 Å². The average molecular weight is 347 g/mol. The van der Waals surface area contributed by atoms with Gasteiger partial charge in [-0.25, -0.2) is 0 Å². The van der Waals surface area contributed by atoms with Crippen LogP contribution in [-0.2, 0) is 16.0 Å². The zero-order chi connectivity index (χ0) is 17.5. The van der Waals surface area contributed by atoms with Crippen LogP contribution >= 0.6 is 0 Å². The molecular weight excluding hydrogens is 318 g/mol. The van der Waals surface area contributed by atoms with Crippen molar-refractivity contribution in [1.29, 1.82) is 0 Å². The summed E-state index contributed by atoms with van der Waals surface area (Å²) in [6, 6.07) is 3.92. The smallest absolute Gasteiger partial charge is 0.222 e. The molecule has 3 rings (SSSR count). The van der Waals surface area contributed by atoms with Gasteiger partial charge in [-0.2, -0.15) is 0 Å². The molecule has 138 valence electrons. The quantitative estimate of drug-likeness (QED) is 0.825. The Labute approximate surface area is 149 Å². The van der Waals surface area contributed by atoms with E-state index < -0.39 is 0 Å². The van der Waals surface area contributed by atoms with Gasteiger partial charge in [0.05, 0.1) is 13.2 Å². The lowest BCUT2D eigenvalue weighted by Gasteiger charge is -2.40. The van der Waals surface area contributed by atoms with E-state index in [-0.39, 0.29) is 18.4 Å². The van der Waals surface area contributed by atoms with E-state index in [4.69, 9.17) is 4.74 Å². The Morgan fingerprint density at radius 1 is 1.20 bits per heavy atom. The molecule has 1 aromatic heterocycles. The highest BCUT2D eigenvalue weighted by molar-refractivity contribution is 5.76. The molecule has 6 heteroatoms. The van der Waals surface area contributed by atoms with Crippen molar-refractivity contribution in [3.63, 3.8) is 0 Å². The van der Waals surface area contributed by atoms with E-state index in [1.165, 1.54) is 0 Å². The Morgan fingerprint density at radius 2 is 1.92 bits per heavy atom. The van der Waals surface area contributed by atoms with Gasteiger partial charge < -0.3 is 14.7 Å². The first-order chi connectivity index (χ1) is 12.2. The van der Waals surface area contributed by atoms with Gasteiger partial charge in [-0.15, -0.1) is 0 Å². The van der Waals surface area contributed by atoms with Crippen LogP contribution < -0.4 is 0 Å². The summed E-state index contributed by atoms with van der Waals surface area (Å²) < 4.78 is 5.41. The molecule has 0 saturated carbocycles. The molecule has 0 radical (unpaired) electrons. The van der Waals surface area contributed by atoms with E-state index in [0.29, 0.717) is 18.9 Å². The molecule has 0 aromatic carbocycles. The van der Waals surface area contributed by atoms with Crippen LogP contribution in [0.25, 0.3) is 0 Å². The highest BCUT2D eigenvalue weighted by atomic mass is 16.5. The fraction of sp³-hybridized carbons (Fsp3) is 0.684. The molecule has 0 spiro atoms. The van der Waals surface area contributed by atoms with Crippen molar-refractivity contribution < 1.29 is 14.6 Å². The topological polar surface area (TPSA) is 65.9 Å². The zero-order valence-corrected chi connectivity index (χ0v) is 14.8. The first-order valence-electron chi connectivity index (χ1n) is 9.32. The first-order valence-corrected chi connectivity index (χ1v) is 9.32. The van der Waals surface area contributed by atoms with Crippen LogP contribution in [0.1, 0.15) is 18.4 Å². The molecule has 2 saturated heterocycles. The van der Waals surface area contributed by atoms with E-state index in [1.54, 1.807) is 12.4 Å². The maximum Gasteiger partial charge on any atom is 0.222 e. The zero-order valence-electron chi connectivity index (χ0n) is 14.8. The van der Waals surface area contributed by atoms with Gasteiger partial charge in [-0.1, -0.05) is 0 Å². The van der Waals surface area contributed by atoms with Crippen LogP contribution in [0.15, 0.2) is 24.5 Å². The Kier molecular flexibility index (Phi) is 6.78. The van der Waals surface area contributed by atoms with Gasteiger partial charge in [0.25, 0.3) is 0 Å². The second kappa shape index (κ2) is 9.27. The molecule has 1 N–H and O–H groups in total. The third-order valence-electron chi connectivity index (χ3n) is 5.23. The molecule has 6 nitrogen and oxygen atoms in total. The summed E-state index contributed by atoms with van der Waals surface area (Å²) in [5.74, 6) is 0.834. The lowest BCUT2D eigenvalue weighted by molar-refractivity contribution is -0.134. The van der Waals surface area contributed by atoms with Gasteiger partial charge in [0.1, 0.15) is 0 Å². The van der Waals surface area contributed by atoms with Crippen molar-refractivity contribution in [2.75, 3.05) is 52.5 Å². The molecule has 2 fully saturated rings. The molecular formula is C19H29N3O3. The minimum Gasteiger partial charge on any atom is -0.396 e. The third-order valence-corrected chi connectivity index (χ3v) is 5.23. The van der Waals surface area contributed by atoms with Gasteiger partial charge in [0, 0.05) is 58.1 Å². The van der Waals surface area contributed by atoms with E-state index in [2.05, 4.69) is 9.88 Å². The Balaban J connectivity index is 1.52. The fourth-order valence-electron chi connectivity index (χ4n) is 3.89. The van der Waals surface area contributed by atoms with E-state index in [1.807, 2.05) is 17.0 Å².